The van der Waals surface area contributed by atoms with Crippen molar-refractivity contribution in [1.29, 1.82) is 0 Å². The van der Waals surface area contributed by atoms with E-state index < -0.39 is 0 Å². The van der Waals surface area contributed by atoms with E-state index in [0.29, 0.717) is 23.7 Å². The van der Waals surface area contributed by atoms with Crippen LogP contribution >= 0.6 is 0 Å². The van der Waals surface area contributed by atoms with Crippen molar-refractivity contribution in [2.75, 3.05) is 0 Å². The fourth-order valence-electron chi connectivity index (χ4n) is 13.8. The standard InChI is InChI=1S/C68H58BN3O/c1-37(2)41-23-27-58-50(31-41)51-32-42(38(3)4)24-28-59(51)71(58)67-48-17-13-21-62-65(48)69-64-54(67)35-45(70-56-19-11-9-15-46(56)47-16-10-12-20-57(47)70)36-55(64)68(49-18-14-22-63(73-62)66(49)69)72-60-29-25-43(39(5)6)33-52(60)53-34-44(40(7)8)26-30-61(53)72/h9-40,67-68H,1-8H3. The van der Waals surface area contributed by atoms with Crippen LogP contribution in [0.25, 0.3) is 71.1 Å². The fraction of sp³-hybridized carbons (Fsp3) is 0.206. The van der Waals surface area contributed by atoms with E-state index in [2.05, 4.69) is 239 Å². The highest BCUT2D eigenvalue weighted by molar-refractivity contribution is 6.98. The van der Waals surface area contributed by atoms with E-state index in [4.69, 9.17) is 4.74 Å². The summed E-state index contributed by atoms with van der Waals surface area (Å²) in [6, 6.07) is 65.7. The second-order valence-electron chi connectivity index (χ2n) is 22.7. The van der Waals surface area contributed by atoms with Crippen LogP contribution in [0.4, 0.5) is 0 Å². The van der Waals surface area contributed by atoms with Crippen molar-refractivity contribution in [3.63, 3.8) is 0 Å². The highest BCUT2D eigenvalue weighted by Crippen LogP contribution is 2.49. The third-order valence-electron chi connectivity index (χ3n) is 17.4. The minimum Gasteiger partial charge on any atom is -0.458 e. The van der Waals surface area contributed by atoms with Crippen molar-refractivity contribution in [2.45, 2.75) is 91.1 Å². The van der Waals surface area contributed by atoms with Gasteiger partial charge in [0.15, 0.2) is 0 Å². The predicted octanol–water partition coefficient (Wildman–Crippen LogP) is 16.0. The second-order valence-corrected chi connectivity index (χ2v) is 22.7. The van der Waals surface area contributed by atoms with E-state index >= 15 is 0 Å². The average molecular weight is 944 g/mol. The van der Waals surface area contributed by atoms with Crippen LogP contribution in [0, 0.1) is 0 Å². The Morgan fingerprint density at radius 3 is 1.08 bits per heavy atom. The lowest BCUT2D eigenvalue weighted by atomic mass is 9.29. The van der Waals surface area contributed by atoms with Gasteiger partial charge in [-0.05, 0) is 164 Å². The number of fused-ring (bicyclic) bond motifs is 9. The molecule has 0 spiro atoms. The van der Waals surface area contributed by atoms with Crippen LogP contribution in [0.3, 0.4) is 0 Å². The zero-order chi connectivity index (χ0) is 49.3. The van der Waals surface area contributed by atoms with E-state index in [1.165, 1.54) is 132 Å². The van der Waals surface area contributed by atoms with E-state index in [-0.39, 0.29) is 18.8 Å². The first-order valence-corrected chi connectivity index (χ1v) is 26.8. The summed E-state index contributed by atoms with van der Waals surface area (Å²) >= 11 is 0. The van der Waals surface area contributed by atoms with Gasteiger partial charge in [-0.3, -0.25) is 0 Å². The number of para-hydroxylation sites is 2. The van der Waals surface area contributed by atoms with Crippen molar-refractivity contribution < 1.29 is 4.74 Å². The molecular weight excluding hydrogens is 886 g/mol. The maximum atomic E-state index is 7.26. The van der Waals surface area contributed by atoms with Crippen LogP contribution in [0.5, 0.6) is 11.5 Å². The van der Waals surface area contributed by atoms with Gasteiger partial charge in [0.1, 0.15) is 11.5 Å². The van der Waals surface area contributed by atoms with Gasteiger partial charge < -0.3 is 18.4 Å². The summed E-state index contributed by atoms with van der Waals surface area (Å²) in [4.78, 5) is 0. The summed E-state index contributed by atoms with van der Waals surface area (Å²) in [6.45, 7) is 18.5. The molecule has 0 fully saturated rings. The van der Waals surface area contributed by atoms with Gasteiger partial charge in [-0.1, -0.05) is 146 Å². The Kier molecular flexibility index (Phi) is 9.04. The zero-order valence-electron chi connectivity index (χ0n) is 43.0. The summed E-state index contributed by atoms with van der Waals surface area (Å²) in [5, 5.41) is 7.79. The molecular formula is C68H58BN3O. The molecule has 0 saturated heterocycles. The molecule has 0 N–H and O–H groups in total. The normalized spacial score (nSPS) is 15.7. The molecule has 354 valence electrons. The molecule has 0 bridgehead atoms. The third-order valence-corrected chi connectivity index (χ3v) is 17.4. The minimum atomic E-state index is -0.167. The van der Waals surface area contributed by atoms with Gasteiger partial charge in [0.25, 0.3) is 6.71 Å². The Bertz CT molecular complexity index is 3950. The number of benzene rings is 9. The molecule has 6 heterocycles. The highest BCUT2D eigenvalue weighted by atomic mass is 16.5. The first-order chi connectivity index (χ1) is 35.5. The van der Waals surface area contributed by atoms with E-state index in [0.717, 1.165) is 11.5 Å². The lowest BCUT2D eigenvalue weighted by Crippen LogP contribution is -2.65. The summed E-state index contributed by atoms with van der Waals surface area (Å²) in [7, 11) is 0. The lowest BCUT2D eigenvalue weighted by Gasteiger charge is -2.45. The number of nitrogens with zero attached hydrogens (tertiary/aromatic N) is 3. The van der Waals surface area contributed by atoms with Gasteiger partial charge >= 0.3 is 0 Å². The first-order valence-electron chi connectivity index (χ1n) is 26.8. The summed E-state index contributed by atoms with van der Waals surface area (Å²) in [6.07, 6.45) is 0. The van der Waals surface area contributed by atoms with E-state index in [9.17, 15) is 0 Å². The average Bonchev–Trinajstić information content (AvgIpc) is 4.04. The molecule has 3 aromatic heterocycles. The van der Waals surface area contributed by atoms with Gasteiger partial charge in [-0.25, -0.2) is 0 Å². The van der Waals surface area contributed by atoms with Crippen LogP contribution < -0.4 is 21.1 Å². The molecule has 4 nitrogen and oxygen atoms in total. The first kappa shape index (κ1) is 42.9. The van der Waals surface area contributed by atoms with Crippen LogP contribution in [-0.2, 0) is 0 Å². The number of aromatic nitrogens is 3. The van der Waals surface area contributed by atoms with Crippen molar-refractivity contribution >= 4 is 88.5 Å². The Labute approximate surface area is 427 Å². The molecule has 0 radical (unpaired) electrons. The topological polar surface area (TPSA) is 24.0 Å². The Balaban J connectivity index is 1.13. The summed E-state index contributed by atoms with van der Waals surface area (Å²) in [5.74, 6) is 3.54. The third kappa shape index (κ3) is 5.85. The number of ether oxygens (including phenoxy) is 1. The molecule has 5 heteroatoms. The largest absolute Gasteiger partial charge is 0.458 e. The Morgan fingerprint density at radius 1 is 0.342 bits per heavy atom. The predicted molar refractivity (Wildman–Crippen MR) is 308 cm³/mol. The van der Waals surface area contributed by atoms with Crippen LogP contribution in [0.15, 0.2) is 170 Å². The van der Waals surface area contributed by atoms with Crippen molar-refractivity contribution in [2.24, 2.45) is 0 Å². The maximum Gasteiger partial charge on any atom is 0.252 e. The summed E-state index contributed by atoms with van der Waals surface area (Å²) in [5.41, 5.74) is 23.4. The second kappa shape index (κ2) is 15.4. The Morgan fingerprint density at radius 2 is 0.712 bits per heavy atom. The van der Waals surface area contributed by atoms with Gasteiger partial charge in [0.05, 0.1) is 23.1 Å². The molecule has 73 heavy (non-hydrogen) atoms. The molecule has 3 aliphatic rings. The molecule has 0 saturated carbocycles. The maximum absolute atomic E-state index is 7.26. The molecule has 9 aromatic carbocycles. The molecule has 0 amide bonds. The van der Waals surface area contributed by atoms with Gasteiger partial charge in [-0.2, -0.15) is 0 Å². The molecule has 3 aliphatic heterocycles. The Hall–Kier alpha value is -7.76. The quantitative estimate of drug-likeness (QED) is 0.146. The van der Waals surface area contributed by atoms with Gasteiger partial charge in [0.2, 0.25) is 0 Å². The van der Waals surface area contributed by atoms with Crippen molar-refractivity contribution in [1.82, 2.24) is 13.7 Å². The molecule has 12 aromatic rings. The summed E-state index contributed by atoms with van der Waals surface area (Å²) < 4.78 is 15.2. The number of hydrogen-bond donors (Lipinski definition) is 0. The SMILES string of the molecule is CC(C)c1ccc2c(c1)c1cc(C(C)C)ccc1n2C1c2cccc3c2B2c4c(cccc4C(n4c5ccc(C(C)C)cc5c5cc(C(C)C)ccc54)c4cc(-n5c6ccccc6c6ccccc65)cc1c42)O3. The van der Waals surface area contributed by atoms with E-state index in [1.54, 1.807) is 0 Å². The van der Waals surface area contributed by atoms with Crippen LogP contribution in [-0.4, -0.2) is 20.4 Å². The zero-order valence-corrected chi connectivity index (χ0v) is 43.0. The van der Waals surface area contributed by atoms with Crippen LogP contribution in [0.2, 0.25) is 0 Å². The highest BCUT2D eigenvalue weighted by Gasteiger charge is 2.50. The van der Waals surface area contributed by atoms with Crippen molar-refractivity contribution in [3.05, 3.63) is 214 Å². The van der Waals surface area contributed by atoms with E-state index in [1.807, 2.05) is 0 Å². The molecule has 2 unspecified atom stereocenters. The molecule has 2 atom stereocenters. The lowest BCUT2D eigenvalue weighted by molar-refractivity contribution is 0.484. The fourth-order valence-corrected chi connectivity index (χ4v) is 13.8. The number of rotatable bonds is 7. The monoisotopic (exact) mass is 943 g/mol. The van der Waals surface area contributed by atoms with Crippen molar-refractivity contribution in [3.8, 4) is 17.2 Å². The number of hydrogen-bond acceptors (Lipinski definition) is 1. The van der Waals surface area contributed by atoms with Gasteiger partial charge in [0, 0.05) is 60.1 Å². The smallest absolute Gasteiger partial charge is 0.252 e. The molecule has 0 aliphatic carbocycles. The minimum absolute atomic E-state index is 0.0165. The molecule has 15 rings (SSSR count). The van der Waals surface area contributed by atoms with Gasteiger partial charge in [-0.15, -0.1) is 0 Å². The van der Waals surface area contributed by atoms with Crippen LogP contribution in [0.1, 0.15) is 136 Å².